The molecule has 1 aliphatic heterocycles. The Morgan fingerprint density at radius 1 is 1.69 bits per heavy atom. The Hall–Kier alpha value is -0.590. The summed E-state index contributed by atoms with van der Waals surface area (Å²) in [4.78, 5) is 2.39. The molecule has 0 aromatic carbocycles. The fraction of sp³-hybridized carbons (Fsp3) is 0.900. The summed E-state index contributed by atoms with van der Waals surface area (Å²) in [6.45, 7) is 5.46. The third-order valence-corrected chi connectivity index (χ3v) is 2.89. The Bertz CT molecular complexity index is 185. The highest BCUT2D eigenvalue weighted by Gasteiger charge is 2.22. The maximum absolute atomic E-state index is 8.77. The van der Waals surface area contributed by atoms with Gasteiger partial charge >= 0.3 is 0 Å². The molecule has 0 radical (unpaired) electrons. The van der Waals surface area contributed by atoms with E-state index in [1.54, 1.807) is 0 Å². The lowest BCUT2D eigenvalue weighted by molar-refractivity contribution is 0.305. The molecule has 74 valence electrons. The summed E-state index contributed by atoms with van der Waals surface area (Å²) in [6.07, 6.45) is 2.58. The van der Waals surface area contributed by atoms with Crippen molar-refractivity contribution in [3.8, 4) is 6.07 Å². The van der Waals surface area contributed by atoms with Crippen molar-refractivity contribution in [2.45, 2.75) is 25.8 Å². The standard InChI is InChI=1S/C10H19N3/c1-3-9-4-5-13(7-9)8-10(6-11)12-2/h9-10,12H,3-5,7-8H2,1-2H3. The minimum Gasteiger partial charge on any atom is -0.304 e. The van der Waals surface area contributed by atoms with Gasteiger partial charge in [0.25, 0.3) is 0 Å². The van der Waals surface area contributed by atoms with Crippen LogP contribution in [0.5, 0.6) is 0 Å². The molecule has 0 bridgehead atoms. The van der Waals surface area contributed by atoms with Crippen molar-refractivity contribution in [3.63, 3.8) is 0 Å². The zero-order valence-electron chi connectivity index (χ0n) is 8.58. The first-order valence-corrected chi connectivity index (χ1v) is 5.09. The molecule has 0 spiro atoms. The molecule has 1 rings (SSSR count). The number of nitriles is 1. The van der Waals surface area contributed by atoms with Crippen LogP contribution in [-0.4, -0.2) is 37.6 Å². The SMILES string of the molecule is CCC1CCN(CC(C#N)NC)C1. The molecule has 2 unspecified atom stereocenters. The smallest absolute Gasteiger partial charge is 0.108 e. The Labute approximate surface area is 80.7 Å². The van der Waals surface area contributed by atoms with Gasteiger partial charge in [-0.15, -0.1) is 0 Å². The normalized spacial score (nSPS) is 25.8. The summed E-state index contributed by atoms with van der Waals surface area (Å²) in [6, 6.07) is 2.25. The molecule has 0 aromatic heterocycles. The highest BCUT2D eigenvalue weighted by Crippen LogP contribution is 2.18. The zero-order chi connectivity index (χ0) is 9.68. The lowest BCUT2D eigenvalue weighted by atomic mass is 10.1. The van der Waals surface area contributed by atoms with Gasteiger partial charge in [-0.05, 0) is 25.9 Å². The van der Waals surface area contributed by atoms with Gasteiger partial charge in [0.2, 0.25) is 0 Å². The highest BCUT2D eigenvalue weighted by atomic mass is 15.2. The van der Waals surface area contributed by atoms with E-state index in [1.807, 2.05) is 7.05 Å². The van der Waals surface area contributed by atoms with E-state index in [-0.39, 0.29) is 6.04 Å². The first kappa shape index (κ1) is 10.5. The van der Waals surface area contributed by atoms with Crippen molar-refractivity contribution in [2.75, 3.05) is 26.7 Å². The lowest BCUT2D eigenvalue weighted by Crippen LogP contribution is -2.37. The molecule has 3 nitrogen and oxygen atoms in total. The first-order valence-electron chi connectivity index (χ1n) is 5.09. The van der Waals surface area contributed by atoms with Crippen LogP contribution < -0.4 is 5.32 Å². The van der Waals surface area contributed by atoms with E-state index in [4.69, 9.17) is 5.26 Å². The van der Waals surface area contributed by atoms with Crippen molar-refractivity contribution >= 4 is 0 Å². The van der Waals surface area contributed by atoms with Crippen LogP contribution in [0.4, 0.5) is 0 Å². The molecule has 1 N–H and O–H groups in total. The van der Waals surface area contributed by atoms with E-state index < -0.39 is 0 Å². The maximum atomic E-state index is 8.77. The predicted molar refractivity (Wildman–Crippen MR) is 53.3 cm³/mol. The number of nitrogens with one attached hydrogen (secondary N) is 1. The fourth-order valence-electron chi connectivity index (χ4n) is 1.87. The van der Waals surface area contributed by atoms with Crippen LogP contribution in [0.2, 0.25) is 0 Å². The van der Waals surface area contributed by atoms with Crippen LogP contribution in [-0.2, 0) is 0 Å². The van der Waals surface area contributed by atoms with Gasteiger partial charge in [-0.2, -0.15) is 5.26 Å². The molecule has 0 amide bonds. The topological polar surface area (TPSA) is 39.1 Å². The van der Waals surface area contributed by atoms with E-state index in [0.29, 0.717) is 0 Å². The molecule has 0 saturated carbocycles. The second-order valence-electron chi connectivity index (χ2n) is 3.79. The van der Waals surface area contributed by atoms with Crippen LogP contribution in [0.25, 0.3) is 0 Å². The van der Waals surface area contributed by atoms with Crippen molar-refractivity contribution in [1.29, 1.82) is 5.26 Å². The van der Waals surface area contributed by atoms with E-state index in [0.717, 1.165) is 12.5 Å². The van der Waals surface area contributed by atoms with Crippen LogP contribution >= 0.6 is 0 Å². The van der Waals surface area contributed by atoms with Gasteiger partial charge in [0.15, 0.2) is 0 Å². The van der Waals surface area contributed by atoms with Gasteiger partial charge in [-0.25, -0.2) is 0 Å². The molecule has 13 heavy (non-hydrogen) atoms. The Morgan fingerprint density at radius 2 is 2.46 bits per heavy atom. The van der Waals surface area contributed by atoms with Gasteiger partial charge in [0.1, 0.15) is 6.04 Å². The van der Waals surface area contributed by atoms with Gasteiger partial charge in [0.05, 0.1) is 6.07 Å². The van der Waals surface area contributed by atoms with E-state index in [9.17, 15) is 0 Å². The fourth-order valence-corrected chi connectivity index (χ4v) is 1.87. The molecule has 1 heterocycles. The van der Waals surface area contributed by atoms with Crippen molar-refractivity contribution < 1.29 is 0 Å². The van der Waals surface area contributed by atoms with E-state index in [1.165, 1.54) is 25.9 Å². The van der Waals surface area contributed by atoms with Crippen LogP contribution in [0, 0.1) is 17.2 Å². The number of rotatable bonds is 4. The zero-order valence-corrected chi connectivity index (χ0v) is 8.58. The summed E-state index contributed by atoms with van der Waals surface area (Å²) in [5, 5.41) is 11.8. The molecule has 3 heteroatoms. The summed E-state index contributed by atoms with van der Waals surface area (Å²) in [7, 11) is 1.85. The van der Waals surface area contributed by atoms with Crippen molar-refractivity contribution in [2.24, 2.45) is 5.92 Å². The molecular weight excluding hydrogens is 162 g/mol. The molecular formula is C10H19N3. The van der Waals surface area contributed by atoms with Crippen molar-refractivity contribution in [1.82, 2.24) is 10.2 Å². The van der Waals surface area contributed by atoms with Gasteiger partial charge < -0.3 is 10.2 Å². The third kappa shape index (κ3) is 2.98. The second-order valence-corrected chi connectivity index (χ2v) is 3.79. The number of nitrogens with zero attached hydrogens (tertiary/aromatic N) is 2. The highest BCUT2D eigenvalue weighted by molar-refractivity contribution is 4.92. The lowest BCUT2D eigenvalue weighted by Gasteiger charge is -2.18. The van der Waals surface area contributed by atoms with Gasteiger partial charge in [-0.1, -0.05) is 13.3 Å². The van der Waals surface area contributed by atoms with Gasteiger partial charge in [0, 0.05) is 13.1 Å². The Kier molecular flexibility index (Phi) is 4.20. The Balaban J connectivity index is 2.27. The van der Waals surface area contributed by atoms with Crippen LogP contribution in [0.15, 0.2) is 0 Å². The van der Waals surface area contributed by atoms with Crippen LogP contribution in [0.1, 0.15) is 19.8 Å². The summed E-state index contributed by atoms with van der Waals surface area (Å²) in [5.41, 5.74) is 0. The average molecular weight is 181 g/mol. The molecule has 0 aromatic rings. The van der Waals surface area contributed by atoms with E-state index >= 15 is 0 Å². The quantitative estimate of drug-likeness (QED) is 0.698. The first-order chi connectivity index (χ1) is 6.30. The number of likely N-dealkylation sites (tertiary alicyclic amines) is 1. The third-order valence-electron chi connectivity index (χ3n) is 2.89. The maximum Gasteiger partial charge on any atom is 0.108 e. The predicted octanol–water partition coefficient (Wildman–Crippen LogP) is 0.830. The van der Waals surface area contributed by atoms with Crippen molar-refractivity contribution in [3.05, 3.63) is 0 Å². The minimum absolute atomic E-state index is 0.00407. The molecule has 1 aliphatic rings. The largest absolute Gasteiger partial charge is 0.304 e. The number of hydrogen-bond acceptors (Lipinski definition) is 3. The summed E-state index contributed by atoms with van der Waals surface area (Å²) >= 11 is 0. The molecule has 1 saturated heterocycles. The summed E-state index contributed by atoms with van der Waals surface area (Å²) < 4.78 is 0. The number of likely N-dealkylation sites (N-methyl/N-ethyl adjacent to an activating group) is 1. The average Bonchev–Trinajstić information content (AvgIpc) is 2.61. The van der Waals surface area contributed by atoms with Gasteiger partial charge in [-0.3, -0.25) is 0 Å². The molecule has 2 atom stereocenters. The number of hydrogen-bond donors (Lipinski definition) is 1. The summed E-state index contributed by atoms with van der Waals surface area (Å²) in [5.74, 6) is 0.858. The Morgan fingerprint density at radius 3 is 2.92 bits per heavy atom. The second kappa shape index (κ2) is 5.21. The monoisotopic (exact) mass is 181 g/mol. The molecule has 1 fully saturated rings. The molecule has 0 aliphatic carbocycles. The van der Waals surface area contributed by atoms with E-state index in [2.05, 4.69) is 23.2 Å². The minimum atomic E-state index is -0.00407. The van der Waals surface area contributed by atoms with Crippen LogP contribution in [0.3, 0.4) is 0 Å².